The maximum atomic E-state index is 13.4. The van der Waals surface area contributed by atoms with Gasteiger partial charge >= 0.3 is 0 Å². The first-order valence-corrected chi connectivity index (χ1v) is 13.6. The van der Waals surface area contributed by atoms with Gasteiger partial charge in [-0.2, -0.15) is 0 Å². The average molecular weight is 510 g/mol. The Morgan fingerprint density at radius 2 is 1.57 bits per heavy atom. The Morgan fingerprint density at radius 3 is 2.14 bits per heavy atom. The lowest BCUT2D eigenvalue weighted by Crippen LogP contribution is -2.56. The quantitative estimate of drug-likeness (QED) is 0.360. The molecule has 0 fully saturated rings. The number of nitrogens with one attached hydrogen (secondary N) is 2. The minimum absolute atomic E-state index is 0.0926. The number of carbonyl (C=O) groups is 2. The van der Waals surface area contributed by atoms with Crippen molar-refractivity contribution in [3.63, 3.8) is 0 Å². The molecule has 2 aromatic rings. The molecule has 0 aromatic heterocycles. The maximum Gasteiger partial charge on any atom is 0.243 e. The summed E-state index contributed by atoms with van der Waals surface area (Å²) in [4.78, 5) is 28.8. The smallest absolute Gasteiger partial charge is 0.243 e. The van der Waals surface area contributed by atoms with Gasteiger partial charge in [0.05, 0.1) is 6.04 Å². The fourth-order valence-corrected chi connectivity index (χ4v) is 4.08. The first-order valence-electron chi connectivity index (χ1n) is 13.6. The molecule has 2 rings (SSSR count). The van der Waals surface area contributed by atoms with E-state index < -0.39 is 11.6 Å². The third kappa shape index (κ3) is 11.4. The molecular weight excluding hydrogens is 462 g/mol. The van der Waals surface area contributed by atoms with Crippen LogP contribution in [0.5, 0.6) is 5.75 Å². The molecule has 2 amide bonds. The summed E-state index contributed by atoms with van der Waals surface area (Å²) in [5, 5.41) is 6.12. The number of rotatable bonds is 14. The first kappa shape index (κ1) is 30.4. The number of ether oxygens (including phenoxy) is 1. The molecule has 37 heavy (non-hydrogen) atoms. The Morgan fingerprint density at radius 1 is 0.919 bits per heavy atom. The maximum absolute atomic E-state index is 13.4. The second kappa shape index (κ2) is 14.8. The SMILES string of the molecule is CCCC(C(=O)NC(Cc1ccc(OCc2ccccc2)cc1)C(=O)NC(C)(C)C)N(C)CCC(C)C. The topological polar surface area (TPSA) is 70.7 Å². The third-order valence-corrected chi connectivity index (χ3v) is 6.20. The van der Waals surface area contributed by atoms with Crippen LogP contribution in [0, 0.1) is 5.92 Å². The van der Waals surface area contributed by atoms with Gasteiger partial charge in [-0.3, -0.25) is 14.5 Å². The summed E-state index contributed by atoms with van der Waals surface area (Å²) in [6, 6.07) is 16.8. The Kier molecular flexibility index (Phi) is 12.1. The van der Waals surface area contributed by atoms with E-state index in [-0.39, 0.29) is 17.9 Å². The van der Waals surface area contributed by atoms with Crippen LogP contribution in [-0.4, -0.2) is 47.9 Å². The van der Waals surface area contributed by atoms with Crippen LogP contribution in [0.25, 0.3) is 0 Å². The summed E-state index contributed by atoms with van der Waals surface area (Å²) in [7, 11) is 2.00. The molecule has 0 heterocycles. The molecule has 0 spiro atoms. The van der Waals surface area contributed by atoms with Crippen LogP contribution in [-0.2, 0) is 22.6 Å². The summed E-state index contributed by atoms with van der Waals surface area (Å²) in [6.07, 6.45) is 3.08. The van der Waals surface area contributed by atoms with Crippen LogP contribution >= 0.6 is 0 Å². The number of benzene rings is 2. The first-order chi connectivity index (χ1) is 17.5. The van der Waals surface area contributed by atoms with E-state index in [9.17, 15) is 9.59 Å². The van der Waals surface area contributed by atoms with E-state index in [4.69, 9.17) is 4.74 Å². The molecule has 0 saturated carbocycles. The molecule has 0 bridgehead atoms. The summed E-state index contributed by atoms with van der Waals surface area (Å²) >= 11 is 0. The molecule has 2 aromatic carbocycles. The van der Waals surface area contributed by atoms with Crippen molar-refractivity contribution < 1.29 is 14.3 Å². The fourth-order valence-electron chi connectivity index (χ4n) is 4.08. The summed E-state index contributed by atoms with van der Waals surface area (Å²) in [5.74, 6) is 1.06. The van der Waals surface area contributed by atoms with Crippen molar-refractivity contribution >= 4 is 11.8 Å². The van der Waals surface area contributed by atoms with Crippen LogP contribution in [0.3, 0.4) is 0 Å². The molecular formula is C31H47N3O3. The predicted octanol–water partition coefficient (Wildman–Crippen LogP) is 5.35. The van der Waals surface area contributed by atoms with Gasteiger partial charge in [-0.1, -0.05) is 69.7 Å². The van der Waals surface area contributed by atoms with E-state index >= 15 is 0 Å². The second-order valence-corrected chi connectivity index (χ2v) is 11.4. The largest absolute Gasteiger partial charge is 0.489 e. The fraction of sp³-hybridized carbons (Fsp3) is 0.548. The van der Waals surface area contributed by atoms with E-state index in [0.29, 0.717) is 18.9 Å². The number of nitrogens with zero attached hydrogens (tertiary/aromatic N) is 1. The Labute approximate surface area is 224 Å². The van der Waals surface area contributed by atoms with Gasteiger partial charge in [0, 0.05) is 12.0 Å². The van der Waals surface area contributed by atoms with Crippen LogP contribution in [0.4, 0.5) is 0 Å². The zero-order valence-electron chi connectivity index (χ0n) is 23.8. The van der Waals surface area contributed by atoms with E-state index in [1.165, 1.54) is 0 Å². The van der Waals surface area contributed by atoms with Crippen molar-refractivity contribution in [1.82, 2.24) is 15.5 Å². The van der Waals surface area contributed by atoms with Gasteiger partial charge in [-0.05, 0) is 76.4 Å². The molecule has 204 valence electrons. The van der Waals surface area contributed by atoms with Gasteiger partial charge in [0.2, 0.25) is 11.8 Å². The highest BCUT2D eigenvalue weighted by Crippen LogP contribution is 2.17. The highest BCUT2D eigenvalue weighted by atomic mass is 16.5. The van der Waals surface area contributed by atoms with Crippen molar-refractivity contribution in [1.29, 1.82) is 0 Å². The van der Waals surface area contributed by atoms with Gasteiger partial charge in [0.25, 0.3) is 0 Å². The monoisotopic (exact) mass is 509 g/mol. The van der Waals surface area contributed by atoms with Crippen molar-refractivity contribution in [2.24, 2.45) is 5.92 Å². The van der Waals surface area contributed by atoms with E-state index in [2.05, 4.69) is 36.3 Å². The molecule has 2 N–H and O–H groups in total. The zero-order chi connectivity index (χ0) is 27.4. The summed E-state index contributed by atoms with van der Waals surface area (Å²) in [5.41, 5.74) is 1.67. The van der Waals surface area contributed by atoms with Crippen LogP contribution in [0.2, 0.25) is 0 Å². The number of hydrogen-bond donors (Lipinski definition) is 2. The van der Waals surface area contributed by atoms with E-state index in [1.807, 2.05) is 82.4 Å². The molecule has 6 nitrogen and oxygen atoms in total. The molecule has 2 atom stereocenters. The van der Waals surface area contributed by atoms with Crippen molar-refractivity contribution in [3.05, 3.63) is 65.7 Å². The predicted molar refractivity (Wildman–Crippen MR) is 152 cm³/mol. The molecule has 0 aliphatic heterocycles. The second-order valence-electron chi connectivity index (χ2n) is 11.4. The Hall–Kier alpha value is -2.86. The highest BCUT2D eigenvalue weighted by molar-refractivity contribution is 5.90. The number of likely N-dealkylation sites (N-methyl/N-ethyl adjacent to an activating group) is 1. The van der Waals surface area contributed by atoms with Crippen LogP contribution in [0.1, 0.15) is 71.9 Å². The average Bonchev–Trinajstić information content (AvgIpc) is 2.84. The lowest BCUT2D eigenvalue weighted by atomic mass is 10.0. The molecule has 0 radical (unpaired) electrons. The third-order valence-electron chi connectivity index (χ3n) is 6.20. The van der Waals surface area contributed by atoms with Gasteiger partial charge in [0.1, 0.15) is 18.4 Å². The molecule has 6 heteroatoms. The summed E-state index contributed by atoms with van der Waals surface area (Å²) in [6.45, 7) is 13.6. The standard InChI is InChI=1S/C31H47N3O3/c1-8-12-28(34(7)20-19-23(2)3)30(36)32-27(29(35)33-31(4,5)6)21-24-15-17-26(18-16-24)37-22-25-13-10-9-11-14-25/h9-11,13-18,23,27-28H,8,12,19-22H2,1-7H3,(H,32,36)(H,33,35). The number of hydrogen-bond acceptors (Lipinski definition) is 4. The van der Waals surface area contributed by atoms with Crippen molar-refractivity contribution in [2.45, 2.75) is 91.5 Å². The Bertz CT molecular complexity index is 952. The Balaban J connectivity index is 2.11. The lowest BCUT2D eigenvalue weighted by molar-refractivity contribution is -0.132. The highest BCUT2D eigenvalue weighted by Gasteiger charge is 2.29. The van der Waals surface area contributed by atoms with Gasteiger partial charge in [-0.15, -0.1) is 0 Å². The van der Waals surface area contributed by atoms with Gasteiger partial charge in [0.15, 0.2) is 0 Å². The van der Waals surface area contributed by atoms with E-state index in [1.54, 1.807) is 0 Å². The summed E-state index contributed by atoms with van der Waals surface area (Å²) < 4.78 is 5.90. The lowest BCUT2D eigenvalue weighted by Gasteiger charge is -2.30. The number of amides is 2. The van der Waals surface area contributed by atoms with Crippen LogP contribution in [0.15, 0.2) is 54.6 Å². The van der Waals surface area contributed by atoms with E-state index in [0.717, 1.165) is 42.7 Å². The van der Waals surface area contributed by atoms with Gasteiger partial charge in [-0.25, -0.2) is 0 Å². The van der Waals surface area contributed by atoms with Crippen LogP contribution < -0.4 is 15.4 Å². The molecule has 0 saturated heterocycles. The minimum atomic E-state index is -0.666. The molecule has 2 unspecified atom stereocenters. The van der Waals surface area contributed by atoms with Crippen molar-refractivity contribution in [3.8, 4) is 5.75 Å². The molecule has 0 aliphatic rings. The minimum Gasteiger partial charge on any atom is -0.489 e. The van der Waals surface area contributed by atoms with Gasteiger partial charge < -0.3 is 15.4 Å². The normalized spacial score (nSPS) is 13.3. The number of carbonyl (C=O) groups excluding carboxylic acids is 2. The zero-order valence-corrected chi connectivity index (χ0v) is 23.8. The molecule has 0 aliphatic carbocycles. The van der Waals surface area contributed by atoms with Crippen molar-refractivity contribution in [2.75, 3.05) is 13.6 Å².